The molecule has 0 saturated heterocycles. The highest BCUT2D eigenvalue weighted by Gasteiger charge is 2.25. The number of aromatic nitrogens is 2. The minimum Gasteiger partial charge on any atom is -0.361 e. The number of rotatable bonds is 8. The van der Waals surface area contributed by atoms with Crippen molar-refractivity contribution in [1.29, 1.82) is 0 Å². The first-order chi connectivity index (χ1) is 16.3. The molecule has 2 N–H and O–H groups in total. The van der Waals surface area contributed by atoms with E-state index in [2.05, 4.69) is 44.1 Å². The highest BCUT2D eigenvalue weighted by atomic mass is 19.1. The average molecular weight is 458 g/mol. The Balaban J connectivity index is 1.60. The molecule has 2 aromatic carbocycles. The van der Waals surface area contributed by atoms with Gasteiger partial charge in [0.05, 0.1) is 5.69 Å². The third-order valence-corrected chi connectivity index (χ3v) is 6.74. The first-order valence-electron chi connectivity index (χ1n) is 12.0. The maximum absolute atomic E-state index is 13.6. The minimum absolute atomic E-state index is 0.0208. The molecule has 0 aliphatic rings. The lowest BCUT2D eigenvalue weighted by molar-refractivity contribution is 0.0954. The average Bonchev–Trinajstić information content (AvgIpc) is 3.32. The summed E-state index contributed by atoms with van der Waals surface area (Å²) in [5.74, 6) is -0.353. The van der Waals surface area contributed by atoms with Gasteiger partial charge in [-0.2, -0.15) is 0 Å². The van der Waals surface area contributed by atoms with E-state index in [0.29, 0.717) is 18.5 Å². The van der Waals surface area contributed by atoms with Gasteiger partial charge in [0.2, 0.25) is 0 Å². The Labute approximate surface area is 200 Å². The van der Waals surface area contributed by atoms with Crippen LogP contribution in [0.3, 0.4) is 0 Å². The van der Waals surface area contributed by atoms with E-state index in [-0.39, 0.29) is 17.1 Å². The molecule has 1 amide bonds. The fraction of sp³-hybridized carbons (Fsp3) is 0.310. The van der Waals surface area contributed by atoms with E-state index in [1.54, 1.807) is 12.1 Å². The maximum atomic E-state index is 13.6. The van der Waals surface area contributed by atoms with Crippen molar-refractivity contribution in [2.24, 2.45) is 0 Å². The van der Waals surface area contributed by atoms with Crippen molar-refractivity contribution in [2.45, 2.75) is 52.4 Å². The minimum atomic E-state index is -0.257. The Hall–Kier alpha value is -3.47. The molecule has 4 rings (SSSR count). The van der Waals surface area contributed by atoms with Crippen molar-refractivity contribution in [1.82, 2.24) is 15.3 Å². The van der Waals surface area contributed by atoms with E-state index >= 15 is 0 Å². The van der Waals surface area contributed by atoms with Crippen LogP contribution >= 0.6 is 0 Å². The normalized spacial score (nSPS) is 11.7. The van der Waals surface area contributed by atoms with Crippen LogP contribution in [0, 0.1) is 5.82 Å². The molecule has 0 unspecified atom stereocenters. The Morgan fingerprint density at radius 2 is 1.82 bits per heavy atom. The monoisotopic (exact) mass is 457 g/mol. The summed E-state index contributed by atoms with van der Waals surface area (Å²) < 4.78 is 13.6. The number of pyridine rings is 1. The highest BCUT2D eigenvalue weighted by molar-refractivity contribution is 5.98. The lowest BCUT2D eigenvalue weighted by Gasteiger charge is -2.28. The number of aromatic amines is 1. The van der Waals surface area contributed by atoms with Crippen LogP contribution in [-0.4, -0.2) is 22.4 Å². The summed E-state index contributed by atoms with van der Waals surface area (Å²) in [7, 11) is 0. The molecule has 0 aliphatic heterocycles. The molecule has 0 aliphatic carbocycles. The number of hydrogen-bond donors (Lipinski definition) is 2. The van der Waals surface area contributed by atoms with Gasteiger partial charge < -0.3 is 10.3 Å². The zero-order valence-corrected chi connectivity index (χ0v) is 20.3. The van der Waals surface area contributed by atoms with Crippen LogP contribution in [0.15, 0.2) is 60.8 Å². The molecule has 2 aromatic heterocycles. The van der Waals surface area contributed by atoms with Crippen molar-refractivity contribution in [2.75, 3.05) is 6.54 Å². The molecule has 0 bridgehead atoms. The van der Waals surface area contributed by atoms with Crippen LogP contribution in [0.4, 0.5) is 4.39 Å². The van der Waals surface area contributed by atoms with Crippen LogP contribution < -0.4 is 5.32 Å². The Bertz CT molecular complexity index is 1300. The van der Waals surface area contributed by atoms with Gasteiger partial charge in [-0.05, 0) is 84.0 Å². The summed E-state index contributed by atoms with van der Waals surface area (Å²) >= 11 is 0. The number of carbonyl (C=O) groups is 1. The second kappa shape index (κ2) is 9.80. The van der Waals surface area contributed by atoms with Gasteiger partial charge >= 0.3 is 0 Å². The number of fused-ring (bicyclic) bond motifs is 1. The maximum Gasteiger partial charge on any atom is 0.251 e. The van der Waals surface area contributed by atoms with Crippen LogP contribution in [0.25, 0.3) is 22.2 Å². The number of nitrogens with one attached hydrogen (secondary N) is 2. The summed E-state index contributed by atoms with van der Waals surface area (Å²) in [6, 6.07) is 16.3. The van der Waals surface area contributed by atoms with E-state index in [1.807, 2.05) is 30.5 Å². The number of amides is 1. The number of carbonyl (C=O) groups excluding carboxylic acids is 1. The summed E-state index contributed by atoms with van der Waals surface area (Å²) in [5, 5.41) is 4.05. The van der Waals surface area contributed by atoms with E-state index in [0.717, 1.165) is 40.7 Å². The summed E-state index contributed by atoms with van der Waals surface area (Å²) in [5.41, 5.74) is 6.84. The first-order valence-corrected chi connectivity index (χ1v) is 12.0. The fourth-order valence-corrected chi connectivity index (χ4v) is 4.35. The summed E-state index contributed by atoms with van der Waals surface area (Å²) in [4.78, 5) is 20.8. The SMILES string of the molecule is CCc1c(C(C)(C)CC)cc(CCNC(=O)c2ccc3[nH]ccc3c2)nc1-c1ccc(F)cc1. The predicted octanol–water partition coefficient (Wildman–Crippen LogP) is 6.59. The van der Waals surface area contributed by atoms with Crippen LogP contribution in [0.2, 0.25) is 0 Å². The second-order valence-electron chi connectivity index (χ2n) is 9.37. The van der Waals surface area contributed by atoms with Gasteiger partial charge in [0.25, 0.3) is 5.91 Å². The van der Waals surface area contributed by atoms with Gasteiger partial charge in [0.15, 0.2) is 0 Å². The van der Waals surface area contributed by atoms with E-state index < -0.39 is 0 Å². The molecule has 0 spiro atoms. The number of H-pyrrole nitrogens is 1. The Morgan fingerprint density at radius 1 is 1.06 bits per heavy atom. The quantitative estimate of drug-likeness (QED) is 0.313. The Kier molecular flexibility index (Phi) is 6.82. The molecule has 176 valence electrons. The van der Waals surface area contributed by atoms with Gasteiger partial charge in [0.1, 0.15) is 5.82 Å². The third kappa shape index (κ3) is 4.89. The lowest BCUT2D eigenvalue weighted by Crippen LogP contribution is -2.26. The van der Waals surface area contributed by atoms with Crippen LogP contribution in [-0.2, 0) is 18.3 Å². The topological polar surface area (TPSA) is 57.8 Å². The van der Waals surface area contributed by atoms with Crippen molar-refractivity contribution < 1.29 is 9.18 Å². The van der Waals surface area contributed by atoms with Gasteiger partial charge in [-0.3, -0.25) is 9.78 Å². The molecule has 4 aromatic rings. The van der Waals surface area contributed by atoms with E-state index in [9.17, 15) is 9.18 Å². The molecule has 0 atom stereocenters. The van der Waals surface area contributed by atoms with Crippen molar-refractivity contribution in [3.05, 3.63) is 89.0 Å². The Morgan fingerprint density at radius 3 is 2.53 bits per heavy atom. The van der Waals surface area contributed by atoms with E-state index in [1.165, 1.54) is 23.3 Å². The molecule has 4 nitrogen and oxygen atoms in total. The van der Waals surface area contributed by atoms with Gasteiger partial charge in [-0.1, -0.05) is 27.7 Å². The highest BCUT2D eigenvalue weighted by Crippen LogP contribution is 2.35. The van der Waals surface area contributed by atoms with Crippen molar-refractivity contribution in [3.8, 4) is 11.3 Å². The third-order valence-electron chi connectivity index (χ3n) is 6.74. The number of nitrogens with zero attached hydrogens (tertiary/aromatic N) is 1. The number of hydrogen-bond acceptors (Lipinski definition) is 2. The first kappa shape index (κ1) is 23.7. The van der Waals surface area contributed by atoms with E-state index in [4.69, 9.17) is 4.98 Å². The molecule has 34 heavy (non-hydrogen) atoms. The standard InChI is InChI=1S/C29H32FN3O/c1-5-24-25(29(3,4)6-2)18-23(33-27(24)19-7-10-22(30)11-8-19)14-16-32-28(34)21-9-12-26-20(17-21)13-15-31-26/h7-13,15,17-18,31H,5-6,14,16H2,1-4H3,(H,32,34). The molecule has 5 heteroatoms. The molecule has 0 radical (unpaired) electrons. The summed E-state index contributed by atoms with van der Waals surface area (Å²) in [6.07, 6.45) is 4.32. The summed E-state index contributed by atoms with van der Waals surface area (Å²) in [6.45, 7) is 9.31. The number of halogens is 1. The number of benzene rings is 2. The smallest absolute Gasteiger partial charge is 0.251 e. The zero-order valence-electron chi connectivity index (χ0n) is 20.3. The second-order valence-corrected chi connectivity index (χ2v) is 9.37. The van der Waals surface area contributed by atoms with Gasteiger partial charge in [-0.25, -0.2) is 4.39 Å². The lowest BCUT2D eigenvalue weighted by atomic mass is 9.78. The van der Waals surface area contributed by atoms with Gasteiger partial charge in [-0.15, -0.1) is 0 Å². The van der Waals surface area contributed by atoms with Crippen molar-refractivity contribution >= 4 is 16.8 Å². The van der Waals surface area contributed by atoms with Gasteiger partial charge in [0, 0.05) is 46.9 Å². The van der Waals surface area contributed by atoms with Crippen LogP contribution in [0.5, 0.6) is 0 Å². The van der Waals surface area contributed by atoms with Crippen LogP contribution in [0.1, 0.15) is 61.3 Å². The molecule has 0 fully saturated rings. The molecular weight excluding hydrogens is 425 g/mol. The van der Waals surface area contributed by atoms with Crippen molar-refractivity contribution in [3.63, 3.8) is 0 Å². The predicted molar refractivity (Wildman–Crippen MR) is 137 cm³/mol. The molecule has 2 heterocycles. The molecular formula is C29H32FN3O. The largest absolute Gasteiger partial charge is 0.361 e. The molecule has 0 saturated carbocycles. The fourth-order valence-electron chi connectivity index (χ4n) is 4.35. The zero-order chi connectivity index (χ0) is 24.3.